The minimum atomic E-state index is 0.195. The second-order valence-electron chi connectivity index (χ2n) is 3.61. The smallest absolute Gasteiger partial charge is 0.174 e. The maximum atomic E-state index is 10.6. The van der Waals surface area contributed by atoms with E-state index < -0.39 is 0 Å². The SMILES string of the molecule is CC(C)Oc1ccc(-c2ccc(C=O)s2)s1. The highest BCUT2D eigenvalue weighted by molar-refractivity contribution is 7.23. The van der Waals surface area contributed by atoms with Crippen molar-refractivity contribution in [1.82, 2.24) is 0 Å². The number of ether oxygens (including phenoxy) is 1. The van der Waals surface area contributed by atoms with Crippen LogP contribution in [-0.4, -0.2) is 12.4 Å². The summed E-state index contributed by atoms with van der Waals surface area (Å²) in [4.78, 5) is 13.6. The molecule has 0 spiro atoms. The van der Waals surface area contributed by atoms with E-state index in [2.05, 4.69) is 0 Å². The van der Waals surface area contributed by atoms with Crippen LogP contribution in [0.4, 0.5) is 0 Å². The molecule has 0 aliphatic carbocycles. The van der Waals surface area contributed by atoms with E-state index >= 15 is 0 Å². The standard InChI is InChI=1S/C12H12O2S2/c1-8(2)14-12-6-5-11(16-12)10-4-3-9(7-13)15-10/h3-8H,1-2H3. The van der Waals surface area contributed by atoms with E-state index in [-0.39, 0.29) is 6.10 Å². The maximum absolute atomic E-state index is 10.6. The number of hydrogen-bond acceptors (Lipinski definition) is 4. The summed E-state index contributed by atoms with van der Waals surface area (Å²) in [5.74, 6) is 0. The second kappa shape index (κ2) is 4.80. The molecule has 0 unspecified atom stereocenters. The van der Waals surface area contributed by atoms with Gasteiger partial charge in [-0.3, -0.25) is 4.79 Å². The van der Waals surface area contributed by atoms with Crippen LogP contribution in [0.2, 0.25) is 0 Å². The third-order valence-electron chi connectivity index (χ3n) is 1.92. The van der Waals surface area contributed by atoms with Crippen molar-refractivity contribution < 1.29 is 9.53 Å². The van der Waals surface area contributed by atoms with Crippen molar-refractivity contribution in [3.63, 3.8) is 0 Å². The van der Waals surface area contributed by atoms with Crippen molar-refractivity contribution in [3.05, 3.63) is 29.1 Å². The molecule has 0 aliphatic heterocycles. The van der Waals surface area contributed by atoms with Gasteiger partial charge >= 0.3 is 0 Å². The van der Waals surface area contributed by atoms with Crippen LogP contribution in [0.15, 0.2) is 24.3 Å². The molecule has 16 heavy (non-hydrogen) atoms. The first-order valence-electron chi connectivity index (χ1n) is 5.01. The summed E-state index contributed by atoms with van der Waals surface area (Å²) in [6.07, 6.45) is 1.08. The lowest BCUT2D eigenvalue weighted by Gasteiger charge is -2.05. The molecule has 2 aromatic heterocycles. The number of hydrogen-bond donors (Lipinski definition) is 0. The van der Waals surface area contributed by atoms with Gasteiger partial charge in [0.05, 0.1) is 11.0 Å². The van der Waals surface area contributed by atoms with Crippen molar-refractivity contribution in [1.29, 1.82) is 0 Å². The Bertz CT molecular complexity index is 483. The lowest BCUT2D eigenvalue weighted by Crippen LogP contribution is -2.03. The number of carbonyl (C=O) groups excluding carboxylic acids is 1. The van der Waals surface area contributed by atoms with Crippen LogP contribution < -0.4 is 4.74 Å². The number of carbonyl (C=O) groups is 1. The number of thiophene rings is 2. The van der Waals surface area contributed by atoms with Crippen molar-refractivity contribution in [3.8, 4) is 14.8 Å². The molecule has 0 saturated heterocycles. The van der Waals surface area contributed by atoms with Gasteiger partial charge in [-0.05, 0) is 38.1 Å². The molecule has 0 atom stereocenters. The molecule has 0 N–H and O–H groups in total. The first-order chi connectivity index (χ1) is 7.69. The summed E-state index contributed by atoms with van der Waals surface area (Å²) in [5, 5.41) is 0.922. The predicted molar refractivity (Wildman–Crippen MR) is 68.8 cm³/mol. The molecule has 0 fully saturated rings. The summed E-state index contributed by atoms with van der Waals surface area (Å²) in [7, 11) is 0. The molecule has 0 radical (unpaired) electrons. The zero-order chi connectivity index (χ0) is 11.5. The van der Waals surface area contributed by atoms with E-state index in [4.69, 9.17) is 4.74 Å². The van der Waals surface area contributed by atoms with Crippen LogP contribution in [0.5, 0.6) is 5.06 Å². The summed E-state index contributed by atoms with van der Waals surface area (Å²) in [6.45, 7) is 4.02. The quantitative estimate of drug-likeness (QED) is 0.766. The summed E-state index contributed by atoms with van der Waals surface area (Å²) in [5.41, 5.74) is 0. The predicted octanol–water partition coefficient (Wildman–Crippen LogP) is 4.08. The molecule has 84 valence electrons. The molecule has 0 aromatic carbocycles. The number of rotatable bonds is 4. The molecule has 0 bridgehead atoms. The Balaban J connectivity index is 2.20. The molecule has 2 nitrogen and oxygen atoms in total. The van der Waals surface area contributed by atoms with Gasteiger partial charge in [-0.25, -0.2) is 0 Å². The van der Waals surface area contributed by atoms with Crippen LogP contribution in [-0.2, 0) is 0 Å². The maximum Gasteiger partial charge on any atom is 0.174 e. The zero-order valence-corrected chi connectivity index (χ0v) is 10.7. The van der Waals surface area contributed by atoms with Gasteiger partial charge in [0.1, 0.15) is 0 Å². The molecule has 2 rings (SSSR count). The van der Waals surface area contributed by atoms with Gasteiger partial charge in [-0.2, -0.15) is 0 Å². The first-order valence-corrected chi connectivity index (χ1v) is 6.64. The van der Waals surface area contributed by atoms with Gasteiger partial charge in [0.25, 0.3) is 0 Å². The van der Waals surface area contributed by atoms with Crippen molar-refractivity contribution in [2.75, 3.05) is 0 Å². The third-order valence-corrected chi connectivity index (χ3v) is 4.10. The Morgan fingerprint density at radius 3 is 2.44 bits per heavy atom. The monoisotopic (exact) mass is 252 g/mol. The highest BCUT2D eigenvalue weighted by Gasteiger charge is 2.07. The van der Waals surface area contributed by atoms with Crippen LogP contribution in [0, 0.1) is 0 Å². The fourth-order valence-electron chi connectivity index (χ4n) is 1.30. The van der Waals surface area contributed by atoms with Crippen LogP contribution in [0.3, 0.4) is 0 Å². The first kappa shape index (κ1) is 11.4. The Morgan fingerprint density at radius 2 is 1.81 bits per heavy atom. The van der Waals surface area contributed by atoms with E-state index in [9.17, 15) is 4.79 Å². The molecular formula is C12H12O2S2. The average Bonchev–Trinajstić information content (AvgIpc) is 2.83. The van der Waals surface area contributed by atoms with E-state index in [0.717, 1.165) is 26.0 Å². The molecule has 2 heterocycles. The lowest BCUT2D eigenvalue weighted by molar-refractivity contribution is 0.112. The van der Waals surface area contributed by atoms with Gasteiger partial charge in [0.2, 0.25) is 0 Å². The normalized spacial score (nSPS) is 10.7. The van der Waals surface area contributed by atoms with E-state index in [1.165, 1.54) is 11.3 Å². The molecule has 0 saturated carbocycles. The molecule has 4 heteroatoms. The van der Waals surface area contributed by atoms with E-state index in [1.54, 1.807) is 11.3 Å². The van der Waals surface area contributed by atoms with Crippen LogP contribution in [0.1, 0.15) is 23.5 Å². The summed E-state index contributed by atoms with van der Waals surface area (Å²) in [6, 6.07) is 7.82. The highest BCUT2D eigenvalue weighted by Crippen LogP contribution is 2.36. The van der Waals surface area contributed by atoms with Crippen molar-refractivity contribution >= 4 is 29.0 Å². The van der Waals surface area contributed by atoms with Gasteiger partial charge in [-0.1, -0.05) is 11.3 Å². The van der Waals surface area contributed by atoms with Gasteiger partial charge in [0.15, 0.2) is 11.3 Å². The van der Waals surface area contributed by atoms with E-state index in [0.29, 0.717) is 0 Å². The molecule has 0 amide bonds. The molecular weight excluding hydrogens is 240 g/mol. The van der Waals surface area contributed by atoms with Crippen LogP contribution >= 0.6 is 22.7 Å². The second-order valence-corrected chi connectivity index (χ2v) is 5.77. The highest BCUT2D eigenvalue weighted by atomic mass is 32.1. The average molecular weight is 252 g/mol. The van der Waals surface area contributed by atoms with Gasteiger partial charge in [0, 0.05) is 9.75 Å². The zero-order valence-electron chi connectivity index (χ0n) is 9.10. The minimum absolute atomic E-state index is 0.195. The summed E-state index contributed by atoms with van der Waals surface area (Å²) >= 11 is 3.12. The van der Waals surface area contributed by atoms with Gasteiger partial charge < -0.3 is 4.74 Å². The summed E-state index contributed by atoms with van der Waals surface area (Å²) < 4.78 is 5.60. The van der Waals surface area contributed by atoms with Gasteiger partial charge in [-0.15, -0.1) is 11.3 Å². The van der Waals surface area contributed by atoms with Crippen molar-refractivity contribution in [2.45, 2.75) is 20.0 Å². The fourth-order valence-corrected chi connectivity index (χ4v) is 3.19. The molecule has 0 aliphatic rings. The Morgan fingerprint density at radius 1 is 1.12 bits per heavy atom. The van der Waals surface area contributed by atoms with Crippen LogP contribution in [0.25, 0.3) is 9.75 Å². The Kier molecular flexibility index (Phi) is 3.41. The molecule has 2 aromatic rings. The lowest BCUT2D eigenvalue weighted by atomic mass is 10.4. The van der Waals surface area contributed by atoms with E-state index in [1.807, 2.05) is 38.1 Å². The largest absolute Gasteiger partial charge is 0.481 e. The van der Waals surface area contributed by atoms with Crippen molar-refractivity contribution in [2.24, 2.45) is 0 Å². The topological polar surface area (TPSA) is 26.3 Å². The fraction of sp³-hybridized carbons (Fsp3) is 0.250. The Hall–Kier alpha value is -1.13. The number of aldehydes is 1. The minimum Gasteiger partial charge on any atom is -0.481 e. The third kappa shape index (κ3) is 2.51. The Labute approximate surface area is 103 Å².